The molecule has 0 radical (unpaired) electrons. The van der Waals surface area contributed by atoms with E-state index in [1.807, 2.05) is 7.05 Å². The first kappa shape index (κ1) is 7.56. The topological polar surface area (TPSA) is 32.3 Å². The molecule has 4 atom stereocenters. The van der Waals surface area contributed by atoms with Gasteiger partial charge >= 0.3 is 0 Å². The highest BCUT2D eigenvalue weighted by molar-refractivity contribution is 4.93. The molecule has 2 rings (SSSR count). The average molecular weight is 155 g/mol. The van der Waals surface area contributed by atoms with Crippen molar-refractivity contribution in [1.29, 1.82) is 0 Å². The summed E-state index contributed by atoms with van der Waals surface area (Å²) in [7, 11) is 2.04. The molecular formula is C9H17NO. The fraction of sp³-hybridized carbons (Fsp3) is 1.00. The Morgan fingerprint density at radius 3 is 2.09 bits per heavy atom. The van der Waals surface area contributed by atoms with Gasteiger partial charge < -0.3 is 10.4 Å². The average Bonchev–Trinajstić information content (AvgIpc) is 2.43. The van der Waals surface area contributed by atoms with Gasteiger partial charge in [0.05, 0.1) is 6.10 Å². The zero-order chi connectivity index (χ0) is 7.84. The number of rotatable bonds is 1. The Morgan fingerprint density at radius 1 is 1.09 bits per heavy atom. The zero-order valence-corrected chi connectivity index (χ0v) is 7.09. The van der Waals surface area contributed by atoms with Crippen molar-refractivity contribution in [2.75, 3.05) is 7.05 Å². The lowest BCUT2D eigenvalue weighted by Crippen LogP contribution is -2.22. The molecule has 0 aliphatic heterocycles. The van der Waals surface area contributed by atoms with Crippen LogP contribution in [0.25, 0.3) is 0 Å². The van der Waals surface area contributed by atoms with Crippen LogP contribution >= 0.6 is 0 Å². The predicted octanol–water partition coefficient (Wildman–Crippen LogP) is 0.755. The molecule has 2 saturated carbocycles. The summed E-state index contributed by atoms with van der Waals surface area (Å²) in [5, 5.41) is 12.7. The Labute approximate surface area is 68.0 Å². The molecule has 2 aliphatic rings. The van der Waals surface area contributed by atoms with E-state index in [1.165, 1.54) is 12.8 Å². The summed E-state index contributed by atoms with van der Waals surface area (Å²) in [6.07, 6.45) is 4.71. The maximum absolute atomic E-state index is 9.37. The van der Waals surface area contributed by atoms with E-state index in [0.717, 1.165) is 30.7 Å². The molecule has 64 valence electrons. The van der Waals surface area contributed by atoms with E-state index in [4.69, 9.17) is 0 Å². The Morgan fingerprint density at radius 2 is 1.64 bits per heavy atom. The molecular weight excluding hydrogens is 138 g/mol. The van der Waals surface area contributed by atoms with Gasteiger partial charge in [-0.3, -0.25) is 0 Å². The van der Waals surface area contributed by atoms with Crippen LogP contribution in [0.15, 0.2) is 0 Å². The minimum Gasteiger partial charge on any atom is -0.393 e. The highest BCUT2D eigenvalue weighted by Gasteiger charge is 2.40. The van der Waals surface area contributed by atoms with E-state index < -0.39 is 0 Å². The molecule has 11 heavy (non-hydrogen) atoms. The summed E-state index contributed by atoms with van der Waals surface area (Å²) in [6.45, 7) is 0. The Bertz CT molecular complexity index is 134. The third-order valence-electron chi connectivity index (χ3n) is 3.40. The van der Waals surface area contributed by atoms with Crippen LogP contribution in [-0.4, -0.2) is 24.3 Å². The molecule has 2 heteroatoms. The number of fused-ring (bicyclic) bond motifs is 1. The van der Waals surface area contributed by atoms with Crippen molar-refractivity contribution < 1.29 is 5.11 Å². The first-order valence-corrected chi connectivity index (χ1v) is 4.65. The second-order valence-corrected chi connectivity index (χ2v) is 4.10. The molecule has 2 aliphatic carbocycles. The lowest BCUT2D eigenvalue weighted by Gasteiger charge is -2.09. The number of aliphatic hydroxyl groups is 1. The fourth-order valence-corrected chi connectivity index (χ4v) is 2.82. The van der Waals surface area contributed by atoms with Gasteiger partial charge in [-0.05, 0) is 44.6 Å². The van der Waals surface area contributed by atoms with Crippen LogP contribution in [0.5, 0.6) is 0 Å². The first-order valence-electron chi connectivity index (χ1n) is 4.65. The van der Waals surface area contributed by atoms with E-state index in [-0.39, 0.29) is 6.10 Å². The van der Waals surface area contributed by atoms with E-state index in [2.05, 4.69) is 5.32 Å². The standard InChI is InChI=1S/C9H17NO/c1-10-8-2-6-4-9(11)5-7(6)3-8/h6-11H,2-5H2,1H3/t6-,7+,8-,9?. The molecule has 2 nitrogen and oxygen atoms in total. The molecule has 0 amide bonds. The minimum absolute atomic E-state index is 0.0165. The van der Waals surface area contributed by atoms with E-state index in [9.17, 15) is 5.11 Å². The van der Waals surface area contributed by atoms with Crippen LogP contribution in [0, 0.1) is 11.8 Å². The van der Waals surface area contributed by atoms with Crippen molar-refractivity contribution in [3.8, 4) is 0 Å². The summed E-state index contributed by atoms with van der Waals surface area (Å²) in [5.41, 5.74) is 0. The van der Waals surface area contributed by atoms with Crippen LogP contribution in [-0.2, 0) is 0 Å². The smallest absolute Gasteiger partial charge is 0.0545 e. The van der Waals surface area contributed by atoms with Crippen molar-refractivity contribution in [3.05, 3.63) is 0 Å². The SMILES string of the molecule is CN[C@H]1C[C@H]2CC(O)C[C@H]2C1. The van der Waals surface area contributed by atoms with Gasteiger partial charge in [-0.25, -0.2) is 0 Å². The number of aliphatic hydroxyl groups excluding tert-OH is 1. The molecule has 0 aromatic carbocycles. The maximum Gasteiger partial charge on any atom is 0.0545 e. The fourth-order valence-electron chi connectivity index (χ4n) is 2.82. The Hall–Kier alpha value is -0.0800. The molecule has 0 heterocycles. The van der Waals surface area contributed by atoms with Gasteiger partial charge in [0.2, 0.25) is 0 Å². The highest BCUT2D eigenvalue weighted by Crippen LogP contribution is 2.43. The summed E-state index contributed by atoms with van der Waals surface area (Å²) >= 11 is 0. The van der Waals surface area contributed by atoms with E-state index in [1.54, 1.807) is 0 Å². The van der Waals surface area contributed by atoms with Gasteiger partial charge in [0.15, 0.2) is 0 Å². The van der Waals surface area contributed by atoms with E-state index in [0.29, 0.717) is 0 Å². The summed E-state index contributed by atoms with van der Waals surface area (Å²) in [5.74, 6) is 1.64. The molecule has 1 unspecified atom stereocenters. The highest BCUT2D eigenvalue weighted by atomic mass is 16.3. The quantitative estimate of drug-likeness (QED) is 0.586. The molecule has 2 N–H and O–H groups in total. The van der Waals surface area contributed by atoms with Crippen molar-refractivity contribution >= 4 is 0 Å². The van der Waals surface area contributed by atoms with Crippen molar-refractivity contribution in [1.82, 2.24) is 5.32 Å². The molecule has 0 aromatic rings. The van der Waals surface area contributed by atoms with Crippen LogP contribution in [0.1, 0.15) is 25.7 Å². The van der Waals surface area contributed by atoms with Crippen LogP contribution in [0.4, 0.5) is 0 Å². The van der Waals surface area contributed by atoms with Crippen molar-refractivity contribution in [3.63, 3.8) is 0 Å². The second-order valence-electron chi connectivity index (χ2n) is 4.10. The predicted molar refractivity (Wildman–Crippen MR) is 44.3 cm³/mol. The van der Waals surface area contributed by atoms with Crippen LogP contribution in [0.3, 0.4) is 0 Å². The minimum atomic E-state index is 0.0165. The van der Waals surface area contributed by atoms with Crippen molar-refractivity contribution in [2.45, 2.75) is 37.8 Å². The molecule has 0 spiro atoms. The molecule has 0 saturated heterocycles. The number of nitrogens with one attached hydrogen (secondary N) is 1. The first-order chi connectivity index (χ1) is 5.29. The van der Waals surface area contributed by atoms with Crippen LogP contribution in [0.2, 0.25) is 0 Å². The molecule has 0 aromatic heterocycles. The summed E-state index contributed by atoms with van der Waals surface area (Å²) in [6, 6.07) is 0.734. The Balaban J connectivity index is 1.93. The lowest BCUT2D eigenvalue weighted by atomic mass is 10.0. The second kappa shape index (κ2) is 2.76. The van der Waals surface area contributed by atoms with Gasteiger partial charge in [-0.15, -0.1) is 0 Å². The normalized spacial score (nSPS) is 49.6. The molecule has 2 fully saturated rings. The van der Waals surface area contributed by atoms with Gasteiger partial charge in [-0.2, -0.15) is 0 Å². The largest absolute Gasteiger partial charge is 0.393 e. The third-order valence-corrected chi connectivity index (χ3v) is 3.40. The number of hydrogen-bond acceptors (Lipinski definition) is 2. The zero-order valence-electron chi connectivity index (χ0n) is 7.09. The maximum atomic E-state index is 9.37. The van der Waals surface area contributed by atoms with Gasteiger partial charge in [0.25, 0.3) is 0 Å². The molecule has 0 bridgehead atoms. The van der Waals surface area contributed by atoms with Gasteiger partial charge in [-0.1, -0.05) is 0 Å². The lowest BCUT2D eigenvalue weighted by molar-refractivity contribution is 0.170. The number of hydrogen-bond donors (Lipinski definition) is 2. The van der Waals surface area contributed by atoms with Crippen LogP contribution < -0.4 is 5.32 Å². The van der Waals surface area contributed by atoms with Gasteiger partial charge in [0.1, 0.15) is 0 Å². The van der Waals surface area contributed by atoms with Gasteiger partial charge in [0, 0.05) is 6.04 Å². The Kier molecular flexibility index (Phi) is 1.90. The monoisotopic (exact) mass is 155 g/mol. The summed E-state index contributed by atoms with van der Waals surface area (Å²) < 4.78 is 0. The van der Waals surface area contributed by atoms with Crippen molar-refractivity contribution in [2.24, 2.45) is 11.8 Å². The van der Waals surface area contributed by atoms with E-state index >= 15 is 0 Å². The third kappa shape index (κ3) is 1.30. The summed E-state index contributed by atoms with van der Waals surface area (Å²) in [4.78, 5) is 0.